The van der Waals surface area contributed by atoms with Crippen molar-refractivity contribution in [2.45, 2.75) is 37.7 Å². The first-order chi connectivity index (χ1) is 10.0. The van der Waals surface area contributed by atoms with Crippen molar-refractivity contribution >= 4 is 5.91 Å². The molecule has 1 amide bonds. The van der Waals surface area contributed by atoms with Crippen molar-refractivity contribution in [3.8, 4) is 5.75 Å². The Morgan fingerprint density at radius 2 is 2.05 bits per heavy atom. The molecule has 0 unspecified atom stereocenters. The lowest BCUT2D eigenvalue weighted by Gasteiger charge is -2.25. The minimum Gasteiger partial charge on any atom is -0.489 e. The van der Waals surface area contributed by atoms with E-state index in [9.17, 15) is 14.3 Å². The summed E-state index contributed by atoms with van der Waals surface area (Å²) in [6, 6.07) is 6.18. The summed E-state index contributed by atoms with van der Waals surface area (Å²) in [5.41, 5.74) is -0.836. The number of carbonyl (C=O) groups excluding carboxylic acids is 1. The molecule has 5 heteroatoms. The summed E-state index contributed by atoms with van der Waals surface area (Å²) in [6.45, 7) is 0.588. The zero-order valence-electron chi connectivity index (χ0n) is 12.3. The fourth-order valence-corrected chi connectivity index (χ4v) is 2.61. The van der Waals surface area contributed by atoms with Crippen molar-refractivity contribution in [1.82, 2.24) is 4.90 Å². The molecule has 116 valence electrons. The highest BCUT2D eigenvalue weighted by Gasteiger charge is 2.34. The largest absolute Gasteiger partial charge is 0.489 e. The molecule has 0 atom stereocenters. The van der Waals surface area contributed by atoms with Gasteiger partial charge in [-0.3, -0.25) is 4.79 Å². The van der Waals surface area contributed by atoms with Crippen LogP contribution < -0.4 is 4.74 Å². The molecule has 1 aliphatic carbocycles. The molecule has 0 heterocycles. The maximum absolute atomic E-state index is 13.4. The van der Waals surface area contributed by atoms with Crippen LogP contribution in [0.4, 0.5) is 4.39 Å². The smallest absolute Gasteiger partial charge is 0.225 e. The van der Waals surface area contributed by atoms with Crippen LogP contribution in [0.2, 0.25) is 0 Å². The number of hydrogen-bond donors (Lipinski definition) is 1. The Balaban J connectivity index is 1.75. The van der Waals surface area contributed by atoms with E-state index in [1.807, 2.05) is 0 Å². The first-order valence-electron chi connectivity index (χ1n) is 7.34. The lowest BCUT2D eigenvalue weighted by Crippen LogP contribution is -2.37. The van der Waals surface area contributed by atoms with Gasteiger partial charge >= 0.3 is 0 Å². The number of para-hydroxylation sites is 1. The quantitative estimate of drug-likeness (QED) is 0.876. The maximum Gasteiger partial charge on any atom is 0.225 e. The number of benzene rings is 1. The van der Waals surface area contributed by atoms with E-state index in [0.717, 1.165) is 12.8 Å². The molecular formula is C16H22FNO3. The normalized spacial score (nSPS) is 16.7. The van der Waals surface area contributed by atoms with Gasteiger partial charge in [-0.05, 0) is 25.0 Å². The Morgan fingerprint density at radius 1 is 1.38 bits per heavy atom. The van der Waals surface area contributed by atoms with Crippen LogP contribution in [0.25, 0.3) is 0 Å². The third kappa shape index (κ3) is 4.43. The molecule has 4 nitrogen and oxygen atoms in total. The van der Waals surface area contributed by atoms with Gasteiger partial charge in [0.15, 0.2) is 11.6 Å². The summed E-state index contributed by atoms with van der Waals surface area (Å²) < 4.78 is 18.7. The van der Waals surface area contributed by atoms with Crippen LogP contribution in [0.15, 0.2) is 24.3 Å². The van der Waals surface area contributed by atoms with Gasteiger partial charge in [0.2, 0.25) is 5.91 Å². The monoisotopic (exact) mass is 295 g/mol. The summed E-state index contributed by atoms with van der Waals surface area (Å²) in [5, 5.41) is 10.2. The molecule has 1 saturated carbocycles. The van der Waals surface area contributed by atoms with Gasteiger partial charge in [-0.15, -0.1) is 0 Å². The second kappa shape index (κ2) is 6.89. The number of rotatable bonds is 6. The molecule has 1 N–H and O–H groups in total. The van der Waals surface area contributed by atoms with Crippen molar-refractivity contribution in [1.29, 1.82) is 0 Å². The molecule has 0 spiro atoms. The minimum atomic E-state index is -0.836. The molecule has 0 aliphatic heterocycles. The van der Waals surface area contributed by atoms with E-state index >= 15 is 0 Å². The van der Waals surface area contributed by atoms with Gasteiger partial charge in [-0.25, -0.2) is 4.39 Å². The minimum absolute atomic E-state index is 0.100. The van der Waals surface area contributed by atoms with Crippen molar-refractivity contribution in [3.05, 3.63) is 30.1 Å². The molecule has 1 aliphatic rings. The number of hydrogen-bond acceptors (Lipinski definition) is 3. The average Bonchev–Trinajstić information content (AvgIpc) is 2.87. The molecular weight excluding hydrogens is 273 g/mol. The van der Waals surface area contributed by atoms with Crippen LogP contribution in [0.5, 0.6) is 5.75 Å². The Morgan fingerprint density at radius 3 is 2.71 bits per heavy atom. The Kier molecular flexibility index (Phi) is 5.17. The Bertz CT molecular complexity index is 486. The van der Waals surface area contributed by atoms with E-state index in [1.165, 1.54) is 11.0 Å². The fourth-order valence-electron chi connectivity index (χ4n) is 2.61. The first-order valence-corrected chi connectivity index (χ1v) is 7.34. The maximum atomic E-state index is 13.4. The second-order valence-corrected chi connectivity index (χ2v) is 5.70. The number of likely N-dealkylation sites (N-methyl/N-ethyl adjacent to an activating group) is 1. The highest BCUT2D eigenvalue weighted by Crippen LogP contribution is 2.32. The van der Waals surface area contributed by atoms with Gasteiger partial charge in [-0.2, -0.15) is 0 Å². The number of ether oxygens (including phenoxy) is 1. The summed E-state index contributed by atoms with van der Waals surface area (Å²) in [5.74, 6) is -0.323. The molecule has 1 fully saturated rings. The van der Waals surface area contributed by atoms with Crippen molar-refractivity contribution < 1.29 is 19.0 Å². The number of carbonyl (C=O) groups is 1. The summed E-state index contributed by atoms with van der Waals surface area (Å²) in [6.07, 6.45) is 3.49. The zero-order valence-corrected chi connectivity index (χ0v) is 12.3. The number of nitrogens with zero attached hydrogens (tertiary/aromatic N) is 1. The molecule has 0 aromatic heterocycles. The van der Waals surface area contributed by atoms with Crippen LogP contribution in [-0.2, 0) is 4.79 Å². The second-order valence-electron chi connectivity index (χ2n) is 5.70. The van der Waals surface area contributed by atoms with Crippen LogP contribution in [0.1, 0.15) is 32.1 Å². The Hall–Kier alpha value is -1.62. The SMILES string of the molecule is CN(CCOc1ccccc1F)C(=O)CC1(O)CCCC1. The highest BCUT2D eigenvalue weighted by atomic mass is 19.1. The predicted molar refractivity (Wildman–Crippen MR) is 77.6 cm³/mol. The van der Waals surface area contributed by atoms with E-state index in [0.29, 0.717) is 19.4 Å². The van der Waals surface area contributed by atoms with Crippen molar-refractivity contribution in [3.63, 3.8) is 0 Å². The number of halogens is 1. The third-order valence-corrected chi connectivity index (χ3v) is 3.96. The highest BCUT2D eigenvalue weighted by molar-refractivity contribution is 5.77. The van der Waals surface area contributed by atoms with Crippen molar-refractivity contribution in [2.24, 2.45) is 0 Å². The summed E-state index contributed by atoms with van der Waals surface area (Å²) in [4.78, 5) is 13.6. The lowest BCUT2D eigenvalue weighted by molar-refractivity contribution is -0.135. The van der Waals surface area contributed by atoms with Crippen molar-refractivity contribution in [2.75, 3.05) is 20.2 Å². The number of aliphatic hydroxyl groups is 1. The molecule has 0 bridgehead atoms. The summed E-state index contributed by atoms with van der Waals surface area (Å²) >= 11 is 0. The van der Waals surface area contributed by atoms with Crippen LogP contribution in [0.3, 0.4) is 0 Å². The van der Waals surface area contributed by atoms with Gasteiger partial charge in [-0.1, -0.05) is 25.0 Å². The van der Waals surface area contributed by atoms with E-state index in [1.54, 1.807) is 25.2 Å². The van der Waals surface area contributed by atoms with Gasteiger partial charge in [0, 0.05) is 7.05 Å². The number of amides is 1. The van der Waals surface area contributed by atoms with E-state index in [2.05, 4.69) is 0 Å². The molecule has 0 saturated heterocycles. The van der Waals surface area contributed by atoms with E-state index in [4.69, 9.17) is 4.74 Å². The molecule has 1 aromatic rings. The Labute approximate surface area is 124 Å². The third-order valence-electron chi connectivity index (χ3n) is 3.96. The average molecular weight is 295 g/mol. The summed E-state index contributed by atoms with van der Waals surface area (Å²) in [7, 11) is 1.67. The van der Waals surface area contributed by atoms with Crippen LogP contribution >= 0.6 is 0 Å². The standard InChI is InChI=1S/C16H22FNO3/c1-18(15(19)12-16(20)8-4-5-9-16)10-11-21-14-7-3-2-6-13(14)17/h2-3,6-7,20H,4-5,8-12H2,1H3. The predicted octanol–water partition coefficient (Wildman–Crippen LogP) is 2.36. The van der Waals surface area contributed by atoms with E-state index in [-0.39, 0.29) is 24.7 Å². The molecule has 21 heavy (non-hydrogen) atoms. The molecule has 2 rings (SSSR count). The van der Waals surface area contributed by atoms with Crippen LogP contribution in [-0.4, -0.2) is 41.7 Å². The molecule has 0 radical (unpaired) electrons. The fraction of sp³-hybridized carbons (Fsp3) is 0.562. The topological polar surface area (TPSA) is 49.8 Å². The zero-order chi connectivity index (χ0) is 15.3. The van der Waals surface area contributed by atoms with Gasteiger partial charge in [0.05, 0.1) is 18.6 Å². The molecule has 1 aromatic carbocycles. The van der Waals surface area contributed by atoms with E-state index < -0.39 is 11.4 Å². The van der Waals surface area contributed by atoms with Gasteiger partial charge < -0.3 is 14.7 Å². The van der Waals surface area contributed by atoms with Crippen LogP contribution in [0, 0.1) is 5.82 Å². The van der Waals surface area contributed by atoms with Gasteiger partial charge in [0.25, 0.3) is 0 Å². The first kappa shape index (κ1) is 15.8. The lowest BCUT2D eigenvalue weighted by atomic mass is 9.97. The van der Waals surface area contributed by atoms with Gasteiger partial charge in [0.1, 0.15) is 6.61 Å².